The average molecular weight is 346 g/mol. The molecule has 5 heteroatoms. The van der Waals surface area contributed by atoms with Gasteiger partial charge < -0.3 is 9.47 Å². The minimum Gasteiger partial charge on any atom is -0.341 e. The lowest BCUT2D eigenvalue weighted by Crippen LogP contribution is -2.43. The molecule has 3 rings (SSSR count). The number of imidazole rings is 1. The van der Waals surface area contributed by atoms with Gasteiger partial charge in [0, 0.05) is 25.0 Å². The predicted molar refractivity (Wildman–Crippen MR) is 102 cm³/mol. The topological polar surface area (TPSA) is 38.1 Å². The van der Waals surface area contributed by atoms with Crippen LogP contribution >= 0.6 is 11.8 Å². The Labute approximate surface area is 148 Å². The lowest BCUT2D eigenvalue weighted by atomic mass is 9.96. The van der Waals surface area contributed by atoms with Gasteiger partial charge in [-0.05, 0) is 52.0 Å². The zero-order chi connectivity index (χ0) is 17.3. The molecule has 130 valence electrons. The Morgan fingerprint density at radius 3 is 2.75 bits per heavy atom. The van der Waals surface area contributed by atoms with Crippen LogP contribution in [0.15, 0.2) is 24.3 Å². The highest BCUT2D eigenvalue weighted by Gasteiger charge is 2.30. The summed E-state index contributed by atoms with van der Waals surface area (Å²) in [7, 11) is 0. The largest absolute Gasteiger partial charge is 0.341 e. The van der Waals surface area contributed by atoms with Crippen LogP contribution in [0.1, 0.15) is 51.4 Å². The van der Waals surface area contributed by atoms with Gasteiger partial charge in [-0.25, -0.2) is 4.98 Å². The van der Waals surface area contributed by atoms with Gasteiger partial charge in [-0.1, -0.05) is 12.1 Å². The summed E-state index contributed by atoms with van der Waals surface area (Å²) in [5.74, 6) is 1.73. The molecule has 1 saturated heterocycles. The number of para-hydroxylation sites is 2. The number of hydrogen-bond donors (Lipinski definition) is 0. The molecule has 0 aliphatic carbocycles. The molecule has 1 aromatic carbocycles. The van der Waals surface area contributed by atoms with Crippen LogP contribution in [0.3, 0.4) is 0 Å². The van der Waals surface area contributed by atoms with E-state index in [1.165, 1.54) is 5.52 Å². The van der Waals surface area contributed by atoms with Crippen molar-refractivity contribution < 1.29 is 4.79 Å². The molecule has 1 aliphatic heterocycles. The van der Waals surface area contributed by atoms with E-state index in [0.29, 0.717) is 12.0 Å². The maximum Gasteiger partial charge on any atom is 0.235 e. The zero-order valence-corrected chi connectivity index (χ0v) is 15.8. The van der Waals surface area contributed by atoms with E-state index in [1.54, 1.807) is 11.8 Å². The number of hydrogen-bond acceptors (Lipinski definition) is 3. The number of thioether (sulfide) groups is 1. The number of fused-ring (bicyclic) bond motifs is 1. The second-order valence-corrected chi connectivity index (χ2v) is 8.10. The van der Waals surface area contributed by atoms with Crippen LogP contribution in [0.4, 0.5) is 0 Å². The third kappa shape index (κ3) is 3.18. The fourth-order valence-corrected chi connectivity index (χ4v) is 3.99. The van der Waals surface area contributed by atoms with E-state index in [1.807, 2.05) is 24.1 Å². The van der Waals surface area contributed by atoms with Gasteiger partial charge in [-0.3, -0.25) is 4.79 Å². The first kappa shape index (κ1) is 17.3. The molecule has 0 saturated carbocycles. The second kappa shape index (κ2) is 7.18. The van der Waals surface area contributed by atoms with Crippen LogP contribution in [0.25, 0.3) is 11.0 Å². The van der Waals surface area contributed by atoms with Crippen molar-refractivity contribution in [3.05, 3.63) is 30.1 Å². The van der Waals surface area contributed by atoms with Gasteiger partial charge in [-0.15, -0.1) is 0 Å². The van der Waals surface area contributed by atoms with Crippen LogP contribution in [0, 0.1) is 0 Å². The summed E-state index contributed by atoms with van der Waals surface area (Å²) >= 11 is 1.62. The van der Waals surface area contributed by atoms with E-state index >= 15 is 0 Å². The highest BCUT2D eigenvalue weighted by molar-refractivity contribution is 7.99. The van der Waals surface area contributed by atoms with Crippen molar-refractivity contribution in [1.82, 2.24) is 14.5 Å². The minimum absolute atomic E-state index is 0.0349. The summed E-state index contributed by atoms with van der Waals surface area (Å²) in [5.41, 5.74) is 2.26. The highest BCUT2D eigenvalue weighted by atomic mass is 32.2. The van der Waals surface area contributed by atoms with Gasteiger partial charge in [0.05, 0.1) is 16.3 Å². The minimum atomic E-state index is 0.0349. The fourth-order valence-electron chi connectivity index (χ4n) is 3.64. The van der Waals surface area contributed by atoms with Crippen molar-refractivity contribution in [2.24, 2.45) is 0 Å². The standard InChI is InChI=1S/C19H27N3OS/c1-13(2)22-17-10-6-5-9-16(17)20-18(22)15-8-7-11-21(12-15)19(23)14(3)24-4/h5-6,9-10,13-15H,7-8,11-12H2,1-4H3/t14-,15-/m0/s1. The monoisotopic (exact) mass is 345 g/mol. The average Bonchev–Trinajstić information content (AvgIpc) is 3.00. The van der Waals surface area contributed by atoms with E-state index in [0.717, 1.165) is 37.3 Å². The molecule has 0 bridgehead atoms. The molecular formula is C19H27N3OS. The Kier molecular flexibility index (Phi) is 5.18. The summed E-state index contributed by atoms with van der Waals surface area (Å²) < 4.78 is 2.35. The molecule has 2 aromatic rings. The SMILES string of the molecule is CS[C@@H](C)C(=O)N1CCC[C@H](c2nc3ccccc3n2C(C)C)C1. The lowest BCUT2D eigenvalue weighted by molar-refractivity contribution is -0.131. The van der Waals surface area contributed by atoms with Crippen LogP contribution in [0.2, 0.25) is 0 Å². The Morgan fingerprint density at radius 1 is 1.29 bits per heavy atom. The molecule has 0 spiro atoms. The van der Waals surface area contributed by atoms with Crippen LogP contribution in [0.5, 0.6) is 0 Å². The number of aromatic nitrogens is 2. The molecule has 0 radical (unpaired) electrons. The molecule has 0 unspecified atom stereocenters. The Bertz CT molecular complexity index is 724. The van der Waals surface area contributed by atoms with E-state index < -0.39 is 0 Å². The molecule has 1 fully saturated rings. The second-order valence-electron chi connectivity index (χ2n) is 6.92. The Hall–Kier alpha value is -1.49. The first-order valence-corrected chi connectivity index (χ1v) is 10.1. The Balaban J connectivity index is 1.92. The first-order valence-electron chi connectivity index (χ1n) is 8.81. The van der Waals surface area contributed by atoms with Gasteiger partial charge in [0.1, 0.15) is 5.82 Å². The summed E-state index contributed by atoms with van der Waals surface area (Å²) in [6, 6.07) is 8.71. The quantitative estimate of drug-likeness (QED) is 0.838. The third-order valence-corrected chi connectivity index (χ3v) is 5.85. The van der Waals surface area contributed by atoms with E-state index in [-0.39, 0.29) is 11.2 Å². The van der Waals surface area contributed by atoms with Crippen molar-refractivity contribution in [2.45, 2.75) is 50.8 Å². The summed E-state index contributed by atoms with van der Waals surface area (Å²) in [5, 5.41) is 0.0349. The van der Waals surface area contributed by atoms with Crippen molar-refractivity contribution in [1.29, 1.82) is 0 Å². The molecular weight excluding hydrogens is 318 g/mol. The molecule has 24 heavy (non-hydrogen) atoms. The summed E-state index contributed by atoms with van der Waals surface area (Å²) in [4.78, 5) is 19.6. The maximum atomic E-state index is 12.6. The number of carbonyl (C=O) groups is 1. The Morgan fingerprint density at radius 2 is 2.04 bits per heavy atom. The number of amides is 1. The van der Waals surface area contributed by atoms with E-state index in [4.69, 9.17) is 4.98 Å². The fraction of sp³-hybridized carbons (Fsp3) is 0.579. The van der Waals surface area contributed by atoms with Crippen molar-refractivity contribution >= 4 is 28.7 Å². The van der Waals surface area contributed by atoms with E-state index in [9.17, 15) is 4.79 Å². The number of benzene rings is 1. The first-order chi connectivity index (χ1) is 11.5. The lowest BCUT2D eigenvalue weighted by Gasteiger charge is -2.34. The molecule has 1 aromatic heterocycles. The van der Waals surface area contributed by atoms with Crippen molar-refractivity contribution in [3.8, 4) is 0 Å². The highest BCUT2D eigenvalue weighted by Crippen LogP contribution is 2.32. The normalized spacial score (nSPS) is 19.9. The molecule has 1 amide bonds. The molecule has 0 N–H and O–H groups in total. The van der Waals surface area contributed by atoms with Gasteiger partial charge >= 0.3 is 0 Å². The number of carbonyl (C=O) groups excluding carboxylic acids is 1. The summed E-state index contributed by atoms with van der Waals surface area (Å²) in [6.07, 6.45) is 4.16. The number of likely N-dealkylation sites (tertiary alicyclic amines) is 1. The molecule has 2 heterocycles. The molecule has 2 atom stereocenters. The van der Waals surface area contributed by atoms with Gasteiger partial charge in [0.2, 0.25) is 5.91 Å². The van der Waals surface area contributed by atoms with Crippen LogP contribution in [-0.2, 0) is 4.79 Å². The number of nitrogens with zero attached hydrogens (tertiary/aromatic N) is 3. The van der Waals surface area contributed by atoms with Gasteiger partial charge in [0.15, 0.2) is 0 Å². The summed E-state index contributed by atoms with van der Waals surface area (Å²) in [6.45, 7) is 8.08. The van der Waals surface area contributed by atoms with Gasteiger partial charge in [0.25, 0.3) is 0 Å². The van der Waals surface area contributed by atoms with Gasteiger partial charge in [-0.2, -0.15) is 11.8 Å². The maximum absolute atomic E-state index is 12.6. The zero-order valence-electron chi connectivity index (χ0n) is 15.0. The van der Waals surface area contributed by atoms with E-state index in [2.05, 4.69) is 36.6 Å². The number of rotatable bonds is 4. The predicted octanol–water partition coefficient (Wildman–Crippen LogP) is 4.07. The van der Waals surface area contributed by atoms with Crippen LogP contribution < -0.4 is 0 Å². The van der Waals surface area contributed by atoms with Crippen molar-refractivity contribution in [2.75, 3.05) is 19.3 Å². The smallest absolute Gasteiger partial charge is 0.235 e. The molecule has 4 nitrogen and oxygen atoms in total. The number of piperidine rings is 1. The molecule has 1 aliphatic rings. The van der Waals surface area contributed by atoms with Crippen LogP contribution in [-0.4, -0.2) is 45.0 Å². The third-order valence-electron chi connectivity index (χ3n) is 4.94. The van der Waals surface area contributed by atoms with Crippen molar-refractivity contribution in [3.63, 3.8) is 0 Å².